The molecule has 0 atom stereocenters. The van der Waals surface area contributed by atoms with E-state index in [1.165, 1.54) is 4.88 Å². The van der Waals surface area contributed by atoms with Crippen LogP contribution in [0.25, 0.3) is 10.6 Å². The second-order valence-corrected chi connectivity index (χ2v) is 5.16. The zero-order chi connectivity index (χ0) is 12.2. The van der Waals surface area contributed by atoms with E-state index in [1.807, 2.05) is 4.68 Å². The minimum Gasteiger partial charge on any atom is -0.354 e. The highest BCUT2D eigenvalue weighted by Crippen LogP contribution is 2.22. The van der Waals surface area contributed by atoms with Gasteiger partial charge in [-0.05, 0) is 36.1 Å². The van der Waals surface area contributed by atoms with Crippen LogP contribution >= 0.6 is 11.3 Å². The molecule has 18 heavy (non-hydrogen) atoms. The van der Waals surface area contributed by atoms with Gasteiger partial charge in [0.2, 0.25) is 0 Å². The van der Waals surface area contributed by atoms with E-state index in [4.69, 9.17) is 0 Å². The van der Waals surface area contributed by atoms with Gasteiger partial charge in [0.1, 0.15) is 5.69 Å². The van der Waals surface area contributed by atoms with Crippen LogP contribution in [-0.2, 0) is 13.1 Å². The summed E-state index contributed by atoms with van der Waals surface area (Å²) < 4.78 is 4.22. The van der Waals surface area contributed by atoms with Crippen LogP contribution in [0.3, 0.4) is 0 Å². The Labute approximate surface area is 110 Å². The lowest BCUT2D eigenvalue weighted by Crippen LogP contribution is -2.03. The molecule has 0 fully saturated rings. The number of hydrogen-bond donors (Lipinski definition) is 0. The maximum absolute atomic E-state index is 4.59. The van der Waals surface area contributed by atoms with Crippen LogP contribution in [0, 0.1) is 0 Å². The van der Waals surface area contributed by atoms with Gasteiger partial charge in [0, 0.05) is 31.7 Å². The van der Waals surface area contributed by atoms with Crippen molar-refractivity contribution < 1.29 is 0 Å². The molecule has 0 aliphatic heterocycles. The van der Waals surface area contributed by atoms with Crippen LogP contribution in [0.15, 0.2) is 54.3 Å². The lowest BCUT2D eigenvalue weighted by Gasteiger charge is -2.03. The number of aromatic nitrogens is 3. The predicted molar refractivity (Wildman–Crippen MR) is 74.6 cm³/mol. The SMILES string of the molecule is c1csc(-c2ccn(CCCn3cccc3)n2)c1. The second-order valence-electron chi connectivity index (χ2n) is 4.22. The van der Waals surface area contributed by atoms with E-state index in [0.717, 1.165) is 25.2 Å². The molecule has 3 heterocycles. The molecular weight excluding hydrogens is 242 g/mol. The van der Waals surface area contributed by atoms with E-state index in [-0.39, 0.29) is 0 Å². The normalized spacial score (nSPS) is 10.9. The lowest BCUT2D eigenvalue weighted by atomic mass is 10.3. The minimum atomic E-state index is 0.962. The van der Waals surface area contributed by atoms with Crippen LogP contribution in [0.1, 0.15) is 6.42 Å². The van der Waals surface area contributed by atoms with Crippen LogP contribution in [-0.4, -0.2) is 14.3 Å². The summed E-state index contributed by atoms with van der Waals surface area (Å²) in [5.74, 6) is 0. The van der Waals surface area contributed by atoms with Gasteiger partial charge in [-0.1, -0.05) is 6.07 Å². The van der Waals surface area contributed by atoms with Crippen LogP contribution in [0.5, 0.6) is 0 Å². The fourth-order valence-electron chi connectivity index (χ4n) is 1.98. The Balaban J connectivity index is 1.57. The van der Waals surface area contributed by atoms with Crippen molar-refractivity contribution in [3.05, 3.63) is 54.3 Å². The molecule has 4 heteroatoms. The number of aryl methyl sites for hydroxylation is 2. The maximum Gasteiger partial charge on any atom is 0.102 e. The third-order valence-corrected chi connectivity index (χ3v) is 3.78. The molecule has 0 bridgehead atoms. The summed E-state index contributed by atoms with van der Waals surface area (Å²) in [4.78, 5) is 1.24. The Hall–Kier alpha value is -1.81. The Morgan fingerprint density at radius 1 is 1.00 bits per heavy atom. The standard InChI is InChI=1S/C14H15N3S/c1-2-8-16(7-1)9-4-10-17-11-6-13(15-17)14-5-3-12-18-14/h1-3,5-8,11-12H,4,9-10H2. The van der Waals surface area contributed by atoms with Gasteiger partial charge >= 0.3 is 0 Å². The van der Waals surface area contributed by atoms with Crippen molar-refractivity contribution in [1.82, 2.24) is 14.3 Å². The van der Waals surface area contributed by atoms with Crippen molar-refractivity contribution in [1.29, 1.82) is 0 Å². The Kier molecular flexibility index (Phi) is 3.28. The van der Waals surface area contributed by atoms with Gasteiger partial charge in [-0.25, -0.2) is 0 Å². The Morgan fingerprint density at radius 2 is 1.89 bits per heavy atom. The van der Waals surface area contributed by atoms with Crippen LogP contribution in [0.4, 0.5) is 0 Å². The van der Waals surface area contributed by atoms with Gasteiger partial charge in [0.05, 0.1) is 4.88 Å². The average molecular weight is 257 g/mol. The first kappa shape index (κ1) is 11.3. The predicted octanol–water partition coefficient (Wildman–Crippen LogP) is 3.50. The fraction of sp³-hybridized carbons (Fsp3) is 0.214. The lowest BCUT2D eigenvalue weighted by molar-refractivity contribution is 0.529. The van der Waals surface area contributed by atoms with Gasteiger partial charge in [0.15, 0.2) is 0 Å². The van der Waals surface area contributed by atoms with E-state index in [0.29, 0.717) is 0 Å². The summed E-state index contributed by atoms with van der Waals surface area (Å²) in [6, 6.07) is 10.4. The summed E-state index contributed by atoms with van der Waals surface area (Å²) in [5, 5.41) is 6.67. The molecule has 0 N–H and O–H groups in total. The highest BCUT2D eigenvalue weighted by Gasteiger charge is 2.02. The molecule has 0 amide bonds. The third-order valence-electron chi connectivity index (χ3n) is 2.88. The fourth-order valence-corrected chi connectivity index (χ4v) is 2.67. The minimum absolute atomic E-state index is 0.962. The summed E-state index contributed by atoms with van der Waals surface area (Å²) in [6.07, 6.45) is 7.35. The molecule has 0 saturated heterocycles. The van der Waals surface area contributed by atoms with Gasteiger partial charge in [-0.3, -0.25) is 4.68 Å². The van der Waals surface area contributed by atoms with Gasteiger partial charge in [-0.2, -0.15) is 5.10 Å². The first-order valence-electron chi connectivity index (χ1n) is 6.10. The molecule has 3 aromatic heterocycles. The van der Waals surface area contributed by atoms with Crippen molar-refractivity contribution in [2.24, 2.45) is 0 Å². The van der Waals surface area contributed by atoms with E-state index in [2.05, 4.69) is 64.0 Å². The molecule has 0 unspecified atom stereocenters. The molecule has 0 radical (unpaired) electrons. The van der Waals surface area contributed by atoms with Crippen molar-refractivity contribution in [2.45, 2.75) is 19.5 Å². The summed E-state index contributed by atoms with van der Waals surface area (Å²) >= 11 is 1.73. The largest absolute Gasteiger partial charge is 0.354 e. The Morgan fingerprint density at radius 3 is 2.67 bits per heavy atom. The van der Waals surface area contributed by atoms with Gasteiger partial charge in [0.25, 0.3) is 0 Å². The van der Waals surface area contributed by atoms with E-state index >= 15 is 0 Å². The molecule has 0 aromatic carbocycles. The first-order chi connectivity index (χ1) is 8.92. The Bertz CT molecular complexity index is 578. The van der Waals surface area contributed by atoms with Gasteiger partial charge < -0.3 is 4.57 Å². The molecule has 3 rings (SSSR count). The van der Waals surface area contributed by atoms with Crippen molar-refractivity contribution in [3.8, 4) is 10.6 Å². The number of rotatable bonds is 5. The maximum atomic E-state index is 4.59. The molecule has 0 aliphatic carbocycles. The van der Waals surface area contributed by atoms with Crippen LogP contribution < -0.4 is 0 Å². The first-order valence-corrected chi connectivity index (χ1v) is 6.98. The molecule has 0 spiro atoms. The second kappa shape index (κ2) is 5.23. The molecular formula is C14H15N3S. The van der Waals surface area contributed by atoms with E-state index in [1.54, 1.807) is 11.3 Å². The zero-order valence-corrected chi connectivity index (χ0v) is 10.9. The molecule has 3 aromatic rings. The van der Waals surface area contributed by atoms with Crippen LogP contribution in [0.2, 0.25) is 0 Å². The molecule has 0 saturated carbocycles. The summed E-state index contributed by atoms with van der Waals surface area (Å²) in [7, 11) is 0. The summed E-state index contributed by atoms with van der Waals surface area (Å²) in [6.45, 7) is 2.00. The highest BCUT2D eigenvalue weighted by molar-refractivity contribution is 7.13. The zero-order valence-electron chi connectivity index (χ0n) is 10.1. The monoisotopic (exact) mass is 257 g/mol. The topological polar surface area (TPSA) is 22.8 Å². The molecule has 92 valence electrons. The smallest absolute Gasteiger partial charge is 0.102 e. The van der Waals surface area contributed by atoms with E-state index in [9.17, 15) is 0 Å². The van der Waals surface area contributed by atoms with Crippen molar-refractivity contribution in [3.63, 3.8) is 0 Å². The molecule has 3 nitrogen and oxygen atoms in total. The molecule has 0 aliphatic rings. The highest BCUT2D eigenvalue weighted by atomic mass is 32.1. The quantitative estimate of drug-likeness (QED) is 0.686. The number of nitrogens with zero attached hydrogens (tertiary/aromatic N) is 3. The van der Waals surface area contributed by atoms with Crippen molar-refractivity contribution >= 4 is 11.3 Å². The number of thiophene rings is 1. The van der Waals surface area contributed by atoms with Gasteiger partial charge in [-0.15, -0.1) is 11.3 Å². The third kappa shape index (κ3) is 2.54. The van der Waals surface area contributed by atoms with E-state index < -0.39 is 0 Å². The van der Waals surface area contributed by atoms with Crippen molar-refractivity contribution in [2.75, 3.05) is 0 Å². The summed E-state index contributed by atoms with van der Waals surface area (Å²) in [5.41, 5.74) is 1.07. The average Bonchev–Trinajstić information content (AvgIpc) is 3.12. The number of hydrogen-bond acceptors (Lipinski definition) is 2.